The Morgan fingerprint density at radius 2 is 1.96 bits per heavy atom. The van der Waals surface area contributed by atoms with Crippen LogP contribution in [0.15, 0.2) is 34.8 Å². The molecular formula is C20H31BrClN. The number of hydrogen-bond donors (Lipinski definition) is 0. The molecule has 1 rings (SSSR count). The molecule has 0 aliphatic heterocycles. The molecule has 0 spiro atoms. The number of rotatable bonds is 7. The molecule has 0 aliphatic rings. The molecule has 130 valence electrons. The van der Waals surface area contributed by atoms with Gasteiger partial charge in [-0.25, -0.2) is 0 Å². The Balaban J connectivity index is 0.00000232. The van der Waals surface area contributed by atoms with Crippen molar-refractivity contribution in [2.24, 2.45) is 4.99 Å². The largest absolute Gasteiger partial charge is 0.297 e. The molecule has 0 saturated carbocycles. The second-order valence-electron chi connectivity index (χ2n) is 5.37. The van der Waals surface area contributed by atoms with Crippen LogP contribution in [0.2, 0.25) is 5.02 Å². The SMILES string of the molecule is CC.CCN=CC(Br)C/C(C)=C/[C@H](C)c1ccc(Cl)cc1CC. The van der Waals surface area contributed by atoms with Crippen molar-refractivity contribution in [3.63, 3.8) is 0 Å². The molecule has 1 aromatic rings. The third kappa shape index (κ3) is 8.72. The van der Waals surface area contributed by atoms with Crippen molar-refractivity contribution in [2.75, 3.05) is 6.54 Å². The summed E-state index contributed by atoms with van der Waals surface area (Å²) in [5, 5.41) is 0.819. The molecule has 1 nitrogen and oxygen atoms in total. The zero-order valence-electron chi connectivity index (χ0n) is 15.4. The number of alkyl halides is 1. The van der Waals surface area contributed by atoms with E-state index < -0.39 is 0 Å². The van der Waals surface area contributed by atoms with Crippen molar-refractivity contribution >= 4 is 33.7 Å². The van der Waals surface area contributed by atoms with E-state index in [-0.39, 0.29) is 0 Å². The van der Waals surface area contributed by atoms with Crippen molar-refractivity contribution < 1.29 is 0 Å². The summed E-state index contributed by atoms with van der Waals surface area (Å²) in [4.78, 5) is 4.60. The first-order valence-electron chi connectivity index (χ1n) is 8.57. The van der Waals surface area contributed by atoms with Crippen LogP contribution in [-0.2, 0) is 6.42 Å². The second kappa shape index (κ2) is 12.8. The van der Waals surface area contributed by atoms with Crippen LogP contribution in [0.5, 0.6) is 0 Å². The van der Waals surface area contributed by atoms with Gasteiger partial charge in [0.2, 0.25) is 0 Å². The van der Waals surface area contributed by atoms with E-state index in [2.05, 4.69) is 59.9 Å². The van der Waals surface area contributed by atoms with Crippen LogP contribution in [0.3, 0.4) is 0 Å². The summed E-state index contributed by atoms with van der Waals surface area (Å²) in [6.45, 7) is 13.5. The number of hydrogen-bond acceptors (Lipinski definition) is 1. The van der Waals surface area contributed by atoms with Gasteiger partial charge in [-0.3, -0.25) is 4.99 Å². The third-order valence-corrected chi connectivity index (χ3v) is 4.27. The number of halogens is 2. The van der Waals surface area contributed by atoms with E-state index in [1.807, 2.05) is 33.1 Å². The highest BCUT2D eigenvalue weighted by Gasteiger charge is 2.09. The third-order valence-electron chi connectivity index (χ3n) is 3.48. The van der Waals surface area contributed by atoms with E-state index in [1.165, 1.54) is 16.7 Å². The summed E-state index contributed by atoms with van der Waals surface area (Å²) in [6.07, 6.45) is 6.33. The highest BCUT2D eigenvalue weighted by atomic mass is 79.9. The second-order valence-corrected chi connectivity index (χ2v) is 6.98. The van der Waals surface area contributed by atoms with E-state index in [4.69, 9.17) is 11.6 Å². The Labute approximate surface area is 156 Å². The van der Waals surface area contributed by atoms with Gasteiger partial charge in [-0.15, -0.1) is 0 Å². The first-order valence-corrected chi connectivity index (χ1v) is 9.86. The number of aryl methyl sites for hydroxylation is 1. The number of benzene rings is 1. The van der Waals surface area contributed by atoms with Gasteiger partial charge in [-0.1, -0.05) is 72.9 Å². The molecule has 0 aromatic heterocycles. The molecule has 23 heavy (non-hydrogen) atoms. The maximum Gasteiger partial charge on any atom is 0.0531 e. The minimum atomic E-state index is 0.316. The molecular weight excluding hydrogens is 370 g/mol. The molecule has 0 heterocycles. The van der Waals surface area contributed by atoms with Crippen LogP contribution in [0.1, 0.15) is 65.0 Å². The number of aliphatic imine (C=N–C) groups is 1. The Kier molecular flexibility index (Phi) is 12.4. The zero-order valence-corrected chi connectivity index (χ0v) is 17.7. The number of allylic oxidation sites excluding steroid dienone is 2. The van der Waals surface area contributed by atoms with Gasteiger partial charge in [0.25, 0.3) is 0 Å². The maximum atomic E-state index is 6.09. The molecule has 0 radical (unpaired) electrons. The van der Waals surface area contributed by atoms with Crippen molar-refractivity contribution in [3.05, 3.63) is 46.0 Å². The van der Waals surface area contributed by atoms with Gasteiger partial charge >= 0.3 is 0 Å². The first-order chi connectivity index (χ1) is 11.0. The Morgan fingerprint density at radius 1 is 1.30 bits per heavy atom. The predicted molar refractivity (Wildman–Crippen MR) is 111 cm³/mol. The first kappa shape index (κ1) is 22.4. The molecule has 0 saturated heterocycles. The van der Waals surface area contributed by atoms with Gasteiger partial charge < -0.3 is 0 Å². The van der Waals surface area contributed by atoms with Gasteiger partial charge in [-0.05, 0) is 55.9 Å². The van der Waals surface area contributed by atoms with Crippen molar-refractivity contribution in [3.8, 4) is 0 Å². The Morgan fingerprint density at radius 3 is 2.52 bits per heavy atom. The lowest BCUT2D eigenvalue weighted by atomic mass is 9.92. The highest BCUT2D eigenvalue weighted by molar-refractivity contribution is 9.10. The van der Waals surface area contributed by atoms with Gasteiger partial charge in [0, 0.05) is 17.8 Å². The molecule has 0 amide bonds. The fraction of sp³-hybridized carbons (Fsp3) is 0.550. The van der Waals surface area contributed by atoms with Crippen molar-refractivity contribution in [1.82, 2.24) is 0 Å². The molecule has 0 bridgehead atoms. The monoisotopic (exact) mass is 399 g/mol. The van der Waals surface area contributed by atoms with E-state index in [0.29, 0.717) is 10.7 Å². The lowest BCUT2D eigenvalue weighted by molar-refractivity contribution is 0.900. The summed E-state index contributed by atoms with van der Waals surface area (Å²) in [5.74, 6) is 0.403. The fourth-order valence-corrected chi connectivity index (χ4v) is 3.36. The zero-order chi connectivity index (χ0) is 17.8. The Bertz CT molecular complexity index is 508. The van der Waals surface area contributed by atoms with Crippen LogP contribution < -0.4 is 0 Å². The van der Waals surface area contributed by atoms with Gasteiger partial charge in [0.05, 0.1) is 4.83 Å². The average molecular weight is 401 g/mol. The van der Waals surface area contributed by atoms with Crippen LogP contribution in [0.4, 0.5) is 0 Å². The predicted octanol–water partition coefficient (Wildman–Crippen LogP) is 7.22. The van der Waals surface area contributed by atoms with E-state index in [0.717, 1.165) is 24.4 Å². The van der Waals surface area contributed by atoms with Gasteiger partial charge in [-0.2, -0.15) is 0 Å². The van der Waals surface area contributed by atoms with Crippen molar-refractivity contribution in [2.45, 2.75) is 65.1 Å². The summed E-state index contributed by atoms with van der Waals surface area (Å²) in [6, 6.07) is 6.22. The van der Waals surface area contributed by atoms with Gasteiger partial charge in [0.1, 0.15) is 0 Å². The molecule has 2 atom stereocenters. The van der Waals surface area contributed by atoms with E-state index in [9.17, 15) is 0 Å². The van der Waals surface area contributed by atoms with Crippen LogP contribution >= 0.6 is 27.5 Å². The lowest BCUT2D eigenvalue weighted by Gasteiger charge is -2.15. The summed E-state index contributed by atoms with van der Waals surface area (Å²) >= 11 is 9.74. The van der Waals surface area contributed by atoms with E-state index in [1.54, 1.807) is 0 Å². The standard InChI is InChI=1S/C18H25BrClN.C2H6/c1-5-15-11-17(20)7-8-18(15)14(4)9-13(3)10-16(19)12-21-6-2;1-2/h7-9,11-12,14,16H,5-6,10H2,1-4H3;1-2H3/b13-9+,21-12?;/t14-,16?;/m0./s1. The minimum absolute atomic E-state index is 0.316. The maximum absolute atomic E-state index is 6.09. The molecule has 1 unspecified atom stereocenters. The van der Waals surface area contributed by atoms with E-state index >= 15 is 0 Å². The van der Waals surface area contributed by atoms with Crippen molar-refractivity contribution in [1.29, 1.82) is 0 Å². The highest BCUT2D eigenvalue weighted by Crippen LogP contribution is 2.26. The van der Waals surface area contributed by atoms with Crippen LogP contribution in [-0.4, -0.2) is 17.6 Å². The normalized spacial score (nSPS) is 14.3. The Hall–Kier alpha value is -0.600. The minimum Gasteiger partial charge on any atom is -0.297 e. The van der Waals surface area contributed by atoms with Crippen LogP contribution in [0, 0.1) is 0 Å². The van der Waals surface area contributed by atoms with Gasteiger partial charge in [0.15, 0.2) is 0 Å². The molecule has 0 fully saturated rings. The fourth-order valence-electron chi connectivity index (χ4n) is 2.49. The molecule has 3 heteroatoms. The quantitative estimate of drug-likeness (QED) is 0.260. The summed E-state index contributed by atoms with van der Waals surface area (Å²) in [5.41, 5.74) is 4.08. The smallest absolute Gasteiger partial charge is 0.0531 e. The topological polar surface area (TPSA) is 12.4 Å². The molecule has 0 aliphatic carbocycles. The van der Waals surface area contributed by atoms with Crippen LogP contribution in [0.25, 0.3) is 0 Å². The average Bonchev–Trinajstić information content (AvgIpc) is 2.54. The molecule has 0 N–H and O–H groups in total. The number of nitrogens with zero attached hydrogens (tertiary/aromatic N) is 1. The lowest BCUT2D eigenvalue weighted by Crippen LogP contribution is -2.02. The molecule has 1 aromatic carbocycles. The summed E-state index contributed by atoms with van der Waals surface area (Å²) in [7, 11) is 0. The summed E-state index contributed by atoms with van der Waals surface area (Å²) < 4.78 is 0.